The first kappa shape index (κ1) is 14.9. The first-order valence-corrected chi connectivity index (χ1v) is 7.55. The highest BCUT2D eigenvalue weighted by Crippen LogP contribution is 2.22. The number of hydrogen-bond acceptors (Lipinski definition) is 3. The van der Waals surface area contributed by atoms with Crippen LogP contribution in [-0.2, 0) is 15.6 Å². The Hall–Kier alpha value is -1.11. The van der Waals surface area contributed by atoms with E-state index >= 15 is 0 Å². The Morgan fingerprint density at radius 2 is 2.11 bits per heavy atom. The largest absolute Gasteiger partial charge is 0.481 e. The number of carboxylic acid groups (broad SMARTS) is 1. The van der Waals surface area contributed by atoms with Gasteiger partial charge in [0.1, 0.15) is 0 Å². The summed E-state index contributed by atoms with van der Waals surface area (Å²) in [6.45, 7) is 4.73. The number of hydrogen-bond donors (Lipinski definition) is 2. The van der Waals surface area contributed by atoms with E-state index < -0.39 is 22.7 Å². The van der Waals surface area contributed by atoms with Crippen LogP contribution >= 0.6 is 0 Å². The van der Waals surface area contributed by atoms with Gasteiger partial charge in [-0.05, 0) is 5.92 Å². The van der Waals surface area contributed by atoms with Gasteiger partial charge < -0.3 is 15.3 Å². The summed E-state index contributed by atoms with van der Waals surface area (Å²) in [5.41, 5.74) is 0. The van der Waals surface area contributed by atoms with Gasteiger partial charge in [-0.1, -0.05) is 13.8 Å². The number of urea groups is 1. The van der Waals surface area contributed by atoms with Gasteiger partial charge in [-0.25, -0.2) is 4.79 Å². The fraction of sp³-hybridized carbons (Fsp3) is 0.818. The summed E-state index contributed by atoms with van der Waals surface area (Å²) in [5.74, 6) is -0.352. The maximum Gasteiger partial charge on any atom is 0.317 e. The minimum absolute atomic E-state index is 0.0296. The minimum Gasteiger partial charge on any atom is -0.481 e. The first-order valence-electron chi connectivity index (χ1n) is 6.06. The van der Waals surface area contributed by atoms with Crippen LogP contribution in [0.5, 0.6) is 0 Å². The molecule has 18 heavy (non-hydrogen) atoms. The third-order valence-electron chi connectivity index (χ3n) is 3.14. The van der Waals surface area contributed by atoms with Crippen molar-refractivity contribution in [3.63, 3.8) is 0 Å². The number of carbonyl (C=O) groups excluding carboxylic acids is 1. The molecule has 1 heterocycles. The van der Waals surface area contributed by atoms with Crippen LogP contribution in [0.4, 0.5) is 4.79 Å². The molecule has 2 amide bonds. The third-order valence-corrected chi connectivity index (χ3v) is 4.45. The Morgan fingerprint density at radius 3 is 2.61 bits per heavy atom. The first-order chi connectivity index (χ1) is 8.45. The zero-order chi connectivity index (χ0) is 13.7. The second-order valence-electron chi connectivity index (χ2n) is 4.49. The Balaban J connectivity index is 2.35. The lowest BCUT2D eigenvalue weighted by molar-refractivity contribution is -0.142. The lowest BCUT2D eigenvalue weighted by Gasteiger charge is -2.16. The van der Waals surface area contributed by atoms with Crippen LogP contribution in [0, 0.1) is 11.8 Å². The number of nitrogens with zero attached hydrogens (tertiary/aromatic N) is 1. The van der Waals surface area contributed by atoms with Crippen molar-refractivity contribution in [2.45, 2.75) is 13.8 Å². The molecule has 0 aromatic heterocycles. The molecule has 6 nitrogen and oxygen atoms in total. The van der Waals surface area contributed by atoms with E-state index in [0.717, 1.165) is 0 Å². The summed E-state index contributed by atoms with van der Waals surface area (Å²) in [5, 5.41) is 11.6. The number of carbonyl (C=O) groups is 2. The number of nitrogens with one attached hydrogen (secondary N) is 1. The molecule has 0 aromatic rings. The van der Waals surface area contributed by atoms with E-state index in [1.54, 1.807) is 0 Å². The summed E-state index contributed by atoms with van der Waals surface area (Å²) in [6.07, 6.45) is 0. The van der Waals surface area contributed by atoms with Crippen LogP contribution in [0.2, 0.25) is 0 Å². The molecule has 0 radical (unpaired) electrons. The maximum absolute atomic E-state index is 11.8. The smallest absolute Gasteiger partial charge is 0.317 e. The molecule has 0 spiro atoms. The van der Waals surface area contributed by atoms with E-state index in [1.807, 2.05) is 13.8 Å². The average Bonchev–Trinajstić information content (AvgIpc) is 2.71. The number of amides is 2. The molecule has 7 heteroatoms. The van der Waals surface area contributed by atoms with Crippen LogP contribution in [0.15, 0.2) is 0 Å². The molecule has 1 aliphatic rings. The van der Waals surface area contributed by atoms with Gasteiger partial charge in [-0.3, -0.25) is 9.00 Å². The van der Waals surface area contributed by atoms with Crippen LogP contribution in [0.1, 0.15) is 13.8 Å². The highest BCUT2D eigenvalue weighted by molar-refractivity contribution is 7.84. The van der Waals surface area contributed by atoms with E-state index in [-0.39, 0.29) is 18.5 Å². The molecule has 1 rings (SSSR count). The molecule has 0 saturated carbocycles. The van der Waals surface area contributed by atoms with Crippen molar-refractivity contribution in [2.24, 2.45) is 11.8 Å². The summed E-state index contributed by atoms with van der Waals surface area (Å²) in [4.78, 5) is 24.2. The molecule has 0 aliphatic carbocycles. The van der Waals surface area contributed by atoms with Crippen LogP contribution in [0.25, 0.3) is 0 Å². The fourth-order valence-corrected chi connectivity index (χ4v) is 2.60. The van der Waals surface area contributed by atoms with Gasteiger partial charge in [0.05, 0.1) is 5.92 Å². The van der Waals surface area contributed by atoms with Gasteiger partial charge in [-0.15, -0.1) is 0 Å². The van der Waals surface area contributed by atoms with Crippen molar-refractivity contribution in [1.82, 2.24) is 10.2 Å². The number of aliphatic carboxylic acids is 1. The SMILES string of the molecule is CCS(=O)CCNC(=O)N1C[C@@H](C)[C@H](C(=O)O)C1. The van der Waals surface area contributed by atoms with Crippen molar-refractivity contribution >= 4 is 22.8 Å². The van der Waals surface area contributed by atoms with Crippen LogP contribution in [0.3, 0.4) is 0 Å². The van der Waals surface area contributed by atoms with Crippen molar-refractivity contribution in [2.75, 3.05) is 31.1 Å². The lowest BCUT2D eigenvalue weighted by Crippen LogP contribution is -2.40. The van der Waals surface area contributed by atoms with E-state index in [1.165, 1.54) is 4.90 Å². The van der Waals surface area contributed by atoms with Gasteiger partial charge in [0, 0.05) is 41.9 Å². The number of likely N-dealkylation sites (tertiary alicyclic amines) is 1. The molecule has 2 N–H and O–H groups in total. The second-order valence-corrected chi connectivity index (χ2v) is 6.36. The lowest BCUT2D eigenvalue weighted by atomic mass is 9.99. The molecule has 0 aromatic carbocycles. The predicted molar refractivity (Wildman–Crippen MR) is 68.8 cm³/mol. The Kier molecular flexibility index (Phi) is 5.58. The van der Waals surface area contributed by atoms with Gasteiger partial charge >= 0.3 is 12.0 Å². The normalized spacial score (nSPS) is 24.9. The van der Waals surface area contributed by atoms with Gasteiger partial charge in [0.2, 0.25) is 0 Å². The minimum atomic E-state index is -0.894. The predicted octanol–water partition coefficient (Wildman–Crippen LogP) is 0.117. The molecule has 1 fully saturated rings. The Bertz CT molecular complexity index is 348. The summed E-state index contributed by atoms with van der Waals surface area (Å²) in [6, 6.07) is -0.265. The molecular formula is C11H20N2O4S. The highest BCUT2D eigenvalue weighted by Gasteiger charge is 2.36. The van der Waals surface area contributed by atoms with E-state index in [4.69, 9.17) is 5.11 Å². The molecule has 1 saturated heterocycles. The average molecular weight is 276 g/mol. The summed E-state index contributed by atoms with van der Waals surface area (Å²) >= 11 is 0. The Morgan fingerprint density at radius 1 is 1.44 bits per heavy atom. The molecule has 3 atom stereocenters. The third kappa shape index (κ3) is 3.97. The highest BCUT2D eigenvalue weighted by atomic mass is 32.2. The topological polar surface area (TPSA) is 86.7 Å². The fourth-order valence-electron chi connectivity index (χ4n) is 1.98. The summed E-state index contributed by atoms with van der Waals surface area (Å²) < 4.78 is 11.2. The molecule has 104 valence electrons. The zero-order valence-electron chi connectivity index (χ0n) is 10.7. The second kappa shape index (κ2) is 6.72. The van der Waals surface area contributed by atoms with Gasteiger partial charge in [-0.2, -0.15) is 0 Å². The maximum atomic E-state index is 11.8. The van der Waals surface area contributed by atoms with E-state index in [0.29, 0.717) is 24.6 Å². The molecular weight excluding hydrogens is 256 g/mol. The van der Waals surface area contributed by atoms with Crippen LogP contribution < -0.4 is 5.32 Å². The summed E-state index contributed by atoms with van der Waals surface area (Å²) in [7, 11) is -0.894. The monoisotopic (exact) mass is 276 g/mol. The van der Waals surface area contributed by atoms with Crippen molar-refractivity contribution in [1.29, 1.82) is 0 Å². The zero-order valence-corrected chi connectivity index (χ0v) is 11.5. The quantitative estimate of drug-likeness (QED) is 0.746. The number of rotatable bonds is 5. The van der Waals surface area contributed by atoms with Gasteiger partial charge in [0.15, 0.2) is 0 Å². The molecule has 1 aliphatic heterocycles. The van der Waals surface area contributed by atoms with Crippen molar-refractivity contribution in [3.05, 3.63) is 0 Å². The van der Waals surface area contributed by atoms with Crippen molar-refractivity contribution in [3.8, 4) is 0 Å². The van der Waals surface area contributed by atoms with Crippen LogP contribution in [-0.4, -0.2) is 57.4 Å². The molecule has 1 unspecified atom stereocenters. The van der Waals surface area contributed by atoms with Crippen molar-refractivity contribution < 1.29 is 18.9 Å². The van der Waals surface area contributed by atoms with Gasteiger partial charge in [0.25, 0.3) is 0 Å². The number of carboxylic acids is 1. The standard InChI is InChI=1S/C11H20N2O4S/c1-3-18(17)5-4-12-11(16)13-6-8(2)9(7-13)10(14)15/h8-9H,3-7H2,1-2H3,(H,12,16)(H,14,15)/t8-,9-,18?/m1/s1. The van der Waals surface area contributed by atoms with E-state index in [9.17, 15) is 13.8 Å². The molecule has 0 bridgehead atoms. The Labute approximate surface area is 109 Å². The van der Waals surface area contributed by atoms with E-state index in [2.05, 4.69) is 5.32 Å².